The van der Waals surface area contributed by atoms with Crippen molar-refractivity contribution in [2.45, 2.75) is 19.4 Å². The molecule has 0 saturated carbocycles. The number of likely N-dealkylation sites (N-methyl/N-ethyl adjacent to an activating group) is 1. The highest BCUT2D eigenvalue weighted by Crippen LogP contribution is 2.25. The van der Waals surface area contributed by atoms with Gasteiger partial charge in [-0.1, -0.05) is 23.7 Å². The Morgan fingerprint density at radius 1 is 1.40 bits per heavy atom. The van der Waals surface area contributed by atoms with Crippen LogP contribution in [0.25, 0.3) is 11.3 Å². The highest BCUT2D eigenvalue weighted by atomic mass is 35.5. The van der Waals surface area contributed by atoms with Crippen LogP contribution in [0.15, 0.2) is 29.1 Å². The fourth-order valence-corrected chi connectivity index (χ4v) is 3.29. The number of H-pyrrole nitrogens is 1. The maximum Gasteiger partial charge on any atom is 0.270 e. The Hall–Kier alpha value is -2.18. The first-order valence-electron chi connectivity index (χ1n) is 8.19. The van der Waals surface area contributed by atoms with Crippen molar-refractivity contribution in [2.24, 2.45) is 0 Å². The molecule has 0 unspecified atom stereocenters. The molecule has 6 nitrogen and oxygen atoms in total. The minimum atomic E-state index is -0.380. The van der Waals surface area contributed by atoms with Crippen molar-refractivity contribution >= 4 is 17.5 Å². The van der Waals surface area contributed by atoms with E-state index >= 15 is 0 Å². The standard InChI is InChI=1S/C18H21ClN4O2/c1-11-20-16(15(19)17(24)21-11)12-5-4-6-13(9-12)18(25)23-8-7-14(10-23)22(2)3/h4-6,9,14H,7-8,10H2,1-3H3,(H,20,21,24)/t14-/m0/s1. The Bertz CT molecular complexity index is 862. The van der Waals surface area contributed by atoms with E-state index in [1.807, 2.05) is 19.0 Å². The molecule has 0 spiro atoms. The minimum Gasteiger partial charge on any atom is -0.337 e. The first kappa shape index (κ1) is 17.6. The first-order valence-corrected chi connectivity index (χ1v) is 8.57. The van der Waals surface area contributed by atoms with Crippen LogP contribution in [0.2, 0.25) is 5.02 Å². The Morgan fingerprint density at radius 3 is 2.84 bits per heavy atom. The Morgan fingerprint density at radius 2 is 2.16 bits per heavy atom. The number of nitrogens with zero attached hydrogens (tertiary/aromatic N) is 3. The van der Waals surface area contributed by atoms with Gasteiger partial charge in [0.2, 0.25) is 0 Å². The summed E-state index contributed by atoms with van der Waals surface area (Å²) >= 11 is 6.11. The number of nitrogens with one attached hydrogen (secondary N) is 1. The third-order valence-electron chi connectivity index (χ3n) is 4.55. The van der Waals surface area contributed by atoms with Gasteiger partial charge in [0.1, 0.15) is 10.8 Å². The number of amides is 1. The molecule has 1 fully saturated rings. The maximum absolute atomic E-state index is 12.8. The molecule has 1 N–H and O–H groups in total. The topological polar surface area (TPSA) is 69.3 Å². The number of aromatic nitrogens is 2. The van der Waals surface area contributed by atoms with Crippen LogP contribution in [0.5, 0.6) is 0 Å². The molecular formula is C18H21ClN4O2. The SMILES string of the molecule is Cc1nc(-c2cccc(C(=O)N3CC[C@H](N(C)C)C3)c2)c(Cl)c(=O)[nH]1. The molecule has 0 bridgehead atoms. The van der Waals surface area contributed by atoms with E-state index in [-0.39, 0.29) is 16.5 Å². The lowest BCUT2D eigenvalue weighted by Gasteiger charge is -2.20. The van der Waals surface area contributed by atoms with Crippen molar-refractivity contribution in [1.82, 2.24) is 19.8 Å². The fourth-order valence-electron chi connectivity index (χ4n) is 3.09. The van der Waals surface area contributed by atoms with Gasteiger partial charge in [0.15, 0.2) is 0 Å². The van der Waals surface area contributed by atoms with Crippen molar-refractivity contribution in [3.05, 3.63) is 51.0 Å². The zero-order valence-corrected chi connectivity index (χ0v) is 15.3. The monoisotopic (exact) mass is 360 g/mol. The Kier molecular flexibility index (Phi) is 4.92. The van der Waals surface area contributed by atoms with Crippen LogP contribution in [0.3, 0.4) is 0 Å². The molecule has 132 valence electrons. The van der Waals surface area contributed by atoms with Crippen molar-refractivity contribution in [2.75, 3.05) is 27.2 Å². The van der Waals surface area contributed by atoms with Crippen molar-refractivity contribution in [3.63, 3.8) is 0 Å². The molecular weight excluding hydrogens is 340 g/mol. The van der Waals surface area contributed by atoms with E-state index in [4.69, 9.17) is 11.6 Å². The summed E-state index contributed by atoms with van der Waals surface area (Å²) in [5.74, 6) is 0.471. The Balaban J connectivity index is 1.90. The molecule has 1 atom stereocenters. The lowest BCUT2D eigenvalue weighted by Crippen LogP contribution is -2.34. The zero-order chi connectivity index (χ0) is 18.1. The minimum absolute atomic E-state index is 0.0103. The lowest BCUT2D eigenvalue weighted by molar-refractivity contribution is 0.0783. The predicted molar refractivity (Wildman–Crippen MR) is 98.0 cm³/mol. The smallest absolute Gasteiger partial charge is 0.270 e. The summed E-state index contributed by atoms with van der Waals surface area (Å²) in [4.78, 5) is 35.6. The maximum atomic E-state index is 12.8. The van der Waals surface area contributed by atoms with E-state index < -0.39 is 0 Å². The summed E-state index contributed by atoms with van der Waals surface area (Å²) in [6.45, 7) is 3.16. The number of aryl methyl sites for hydroxylation is 1. The molecule has 1 saturated heterocycles. The van der Waals surface area contributed by atoms with Crippen LogP contribution in [0.1, 0.15) is 22.6 Å². The molecule has 3 rings (SSSR count). The van der Waals surface area contributed by atoms with Crippen molar-refractivity contribution < 1.29 is 4.79 Å². The van der Waals surface area contributed by atoms with Gasteiger partial charge in [0.05, 0.1) is 5.69 Å². The van der Waals surface area contributed by atoms with E-state index in [0.717, 1.165) is 19.5 Å². The summed E-state index contributed by atoms with van der Waals surface area (Å²) in [7, 11) is 4.06. The molecule has 0 radical (unpaired) electrons. The van der Waals surface area contributed by atoms with Crippen LogP contribution in [-0.2, 0) is 0 Å². The third-order valence-corrected chi connectivity index (χ3v) is 4.90. The van der Waals surface area contributed by atoms with Gasteiger partial charge >= 0.3 is 0 Å². The summed E-state index contributed by atoms with van der Waals surface area (Å²) in [5.41, 5.74) is 1.25. The van der Waals surface area contributed by atoms with Gasteiger partial charge in [-0.2, -0.15) is 0 Å². The van der Waals surface area contributed by atoms with Crippen LogP contribution in [-0.4, -0.2) is 58.9 Å². The molecule has 1 amide bonds. The normalized spacial score (nSPS) is 17.3. The number of likely N-dealkylation sites (tertiary alicyclic amines) is 1. The highest BCUT2D eigenvalue weighted by molar-refractivity contribution is 6.32. The van der Waals surface area contributed by atoms with Crippen LogP contribution in [0.4, 0.5) is 0 Å². The van der Waals surface area contributed by atoms with E-state index in [0.29, 0.717) is 28.7 Å². The number of benzene rings is 1. The lowest BCUT2D eigenvalue weighted by atomic mass is 10.1. The van der Waals surface area contributed by atoms with Crippen LogP contribution < -0.4 is 5.56 Å². The molecule has 1 aliphatic heterocycles. The molecule has 2 aromatic rings. The van der Waals surface area contributed by atoms with Crippen LogP contribution in [0, 0.1) is 6.92 Å². The summed E-state index contributed by atoms with van der Waals surface area (Å²) in [6.07, 6.45) is 0.971. The molecule has 2 heterocycles. The van der Waals surface area contributed by atoms with Crippen LogP contribution >= 0.6 is 11.6 Å². The highest BCUT2D eigenvalue weighted by Gasteiger charge is 2.28. The van der Waals surface area contributed by atoms with Gasteiger partial charge in [-0.15, -0.1) is 0 Å². The van der Waals surface area contributed by atoms with Gasteiger partial charge in [0, 0.05) is 30.3 Å². The molecule has 1 aromatic carbocycles. The van der Waals surface area contributed by atoms with E-state index in [1.54, 1.807) is 31.2 Å². The number of halogens is 1. The van der Waals surface area contributed by atoms with Gasteiger partial charge in [-0.25, -0.2) is 4.98 Å². The van der Waals surface area contributed by atoms with Gasteiger partial charge in [-0.3, -0.25) is 9.59 Å². The first-order chi connectivity index (χ1) is 11.9. The zero-order valence-electron chi connectivity index (χ0n) is 14.5. The van der Waals surface area contributed by atoms with E-state index in [2.05, 4.69) is 14.9 Å². The molecule has 0 aliphatic carbocycles. The van der Waals surface area contributed by atoms with Crippen molar-refractivity contribution in [1.29, 1.82) is 0 Å². The van der Waals surface area contributed by atoms with Crippen molar-refractivity contribution in [3.8, 4) is 11.3 Å². The van der Waals surface area contributed by atoms with E-state index in [1.165, 1.54) is 0 Å². The van der Waals surface area contributed by atoms with Gasteiger partial charge < -0.3 is 14.8 Å². The van der Waals surface area contributed by atoms with E-state index in [9.17, 15) is 9.59 Å². The Labute approximate surface area is 151 Å². The molecule has 1 aliphatic rings. The largest absolute Gasteiger partial charge is 0.337 e. The number of carbonyl (C=O) groups is 1. The summed E-state index contributed by atoms with van der Waals surface area (Å²) < 4.78 is 0. The quantitative estimate of drug-likeness (QED) is 0.910. The summed E-state index contributed by atoms with van der Waals surface area (Å²) in [5, 5.41) is 0.0315. The fraction of sp³-hybridized carbons (Fsp3) is 0.389. The average molecular weight is 361 g/mol. The number of hydrogen-bond donors (Lipinski definition) is 1. The van der Waals surface area contributed by atoms with Gasteiger partial charge in [-0.05, 0) is 39.6 Å². The number of aromatic amines is 1. The number of carbonyl (C=O) groups excluding carboxylic acids is 1. The second-order valence-electron chi connectivity index (χ2n) is 6.55. The predicted octanol–water partition coefficient (Wildman–Crippen LogP) is 2.17. The average Bonchev–Trinajstić information content (AvgIpc) is 3.08. The molecule has 1 aromatic heterocycles. The second kappa shape index (κ2) is 6.98. The number of hydrogen-bond acceptors (Lipinski definition) is 4. The molecule has 7 heteroatoms. The van der Waals surface area contributed by atoms with Gasteiger partial charge in [0.25, 0.3) is 11.5 Å². The molecule has 25 heavy (non-hydrogen) atoms. The second-order valence-corrected chi connectivity index (χ2v) is 6.93. The summed E-state index contributed by atoms with van der Waals surface area (Å²) in [6, 6.07) is 7.51. The number of rotatable bonds is 3. The third kappa shape index (κ3) is 3.60.